The molecule has 1 N–H and O–H groups in total. The highest BCUT2D eigenvalue weighted by molar-refractivity contribution is 6.30. The van der Waals surface area contributed by atoms with Gasteiger partial charge in [-0.05, 0) is 43.3 Å². The Balaban J connectivity index is 1.95. The molecule has 26 heavy (non-hydrogen) atoms. The summed E-state index contributed by atoms with van der Waals surface area (Å²) >= 11 is 6.11. The van der Waals surface area contributed by atoms with Gasteiger partial charge in [-0.2, -0.15) is 0 Å². The number of halogens is 1. The molecule has 0 radical (unpaired) electrons. The Labute approximate surface area is 159 Å². The topological polar surface area (TPSA) is 70.1 Å². The van der Waals surface area contributed by atoms with Gasteiger partial charge in [0.2, 0.25) is 5.91 Å². The normalized spacial score (nSPS) is 17.2. The zero-order valence-corrected chi connectivity index (χ0v) is 16.2. The van der Waals surface area contributed by atoms with E-state index in [1.807, 2.05) is 12.1 Å². The lowest BCUT2D eigenvalue weighted by atomic mass is 10.1. The maximum Gasteiger partial charge on any atom is 0.308 e. The van der Waals surface area contributed by atoms with Crippen LogP contribution in [-0.4, -0.2) is 66.1 Å². The Bertz CT molecular complexity index is 634. The van der Waals surface area contributed by atoms with Crippen LogP contribution < -0.4 is 4.74 Å². The number of hydrogen-bond donors (Lipinski definition) is 1. The minimum absolute atomic E-state index is 0.0815. The number of carboxylic acid groups (broad SMARTS) is 1. The molecule has 6 nitrogen and oxygen atoms in total. The van der Waals surface area contributed by atoms with E-state index in [0.29, 0.717) is 24.6 Å². The lowest BCUT2D eigenvalue weighted by Crippen LogP contribution is -2.29. The molecule has 1 aliphatic rings. The lowest BCUT2D eigenvalue weighted by Gasteiger charge is -2.20. The van der Waals surface area contributed by atoms with Crippen molar-refractivity contribution in [1.29, 1.82) is 0 Å². The van der Waals surface area contributed by atoms with Gasteiger partial charge in [-0.1, -0.05) is 25.4 Å². The molecule has 144 valence electrons. The van der Waals surface area contributed by atoms with E-state index < -0.39 is 11.9 Å². The first-order valence-electron chi connectivity index (χ1n) is 9.08. The fourth-order valence-corrected chi connectivity index (χ4v) is 3.31. The van der Waals surface area contributed by atoms with Gasteiger partial charge in [0.1, 0.15) is 12.4 Å². The molecule has 0 aromatic heterocycles. The number of likely N-dealkylation sites (N-methyl/N-ethyl adjacent to an activating group) is 1. The van der Waals surface area contributed by atoms with Crippen LogP contribution >= 0.6 is 11.6 Å². The molecule has 1 fully saturated rings. The molecular formula is C19H27ClN2O4. The average molecular weight is 383 g/mol. The summed E-state index contributed by atoms with van der Waals surface area (Å²) in [6.45, 7) is 8.37. The largest absolute Gasteiger partial charge is 0.492 e. The van der Waals surface area contributed by atoms with Crippen molar-refractivity contribution < 1.29 is 19.4 Å². The van der Waals surface area contributed by atoms with Gasteiger partial charge in [0.25, 0.3) is 0 Å². The highest BCUT2D eigenvalue weighted by atomic mass is 35.5. The van der Waals surface area contributed by atoms with E-state index >= 15 is 0 Å². The van der Waals surface area contributed by atoms with Gasteiger partial charge in [0.05, 0.1) is 5.92 Å². The summed E-state index contributed by atoms with van der Waals surface area (Å²) in [6.07, 6.45) is 0.664. The van der Waals surface area contributed by atoms with Gasteiger partial charge >= 0.3 is 5.97 Å². The van der Waals surface area contributed by atoms with E-state index in [-0.39, 0.29) is 18.9 Å². The van der Waals surface area contributed by atoms with Gasteiger partial charge in [-0.25, -0.2) is 0 Å². The molecule has 1 aromatic carbocycles. The molecule has 2 rings (SSSR count). The van der Waals surface area contributed by atoms with Gasteiger partial charge in [-0.15, -0.1) is 0 Å². The Morgan fingerprint density at radius 1 is 1.38 bits per heavy atom. The molecule has 0 spiro atoms. The lowest BCUT2D eigenvalue weighted by molar-refractivity contribution is -0.141. The third kappa shape index (κ3) is 5.61. The van der Waals surface area contributed by atoms with Crippen LogP contribution in [0.4, 0.5) is 0 Å². The summed E-state index contributed by atoms with van der Waals surface area (Å²) in [4.78, 5) is 26.9. The van der Waals surface area contributed by atoms with E-state index in [0.717, 1.165) is 30.9 Å². The third-order valence-electron chi connectivity index (χ3n) is 4.80. The van der Waals surface area contributed by atoms with Gasteiger partial charge < -0.3 is 19.6 Å². The van der Waals surface area contributed by atoms with Crippen molar-refractivity contribution >= 4 is 23.5 Å². The van der Waals surface area contributed by atoms with Gasteiger partial charge in [-0.3, -0.25) is 9.59 Å². The quantitative estimate of drug-likeness (QED) is 0.673. The van der Waals surface area contributed by atoms with Crippen molar-refractivity contribution in [2.24, 2.45) is 5.92 Å². The fraction of sp³-hybridized carbons (Fsp3) is 0.579. The van der Waals surface area contributed by atoms with Crippen molar-refractivity contribution in [3.8, 4) is 5.75 Å². The smallest absolute Gasteiger partial charge is 0.308 e. The Kier molecular flexibility index (Phi) is 7.72. The number of hydrogen-bond acceptors (Lipinski definition) is 4. The molecule has 0 saturated carbocycles. The maximum atomic E-state index is 12.0. The van der Waals surface area contributed by atoms with Crippen molar-refractivity contribution in [1.82, 2.24) is 9.80 Å². The van der Waals surface area contributed by atoms with Crippen LogP contribution in [0.3, 0.4) is 0 Å². The van der Waals surface area contributed by atoms with Crippen LogP contribution in [-0.2, 0) is 16.0 Å². The van der Waals surface area contributed by atoms with Crippen LogP contribution in [0.1, 0.15) is 25.8 Å². The maximum absolute atomic E-state index is 12.0. The number of carbonyl (C=O) groups excluding carboxylic acids is 1. The first-order chi connectivity index (χ1) is 12.4. The third-order valence-corrected chi connectivity index (χ3v) is 5.03. The molecule has 0 aliphatic carbocycles. The van der Waals surface area contributed by atoms with E-state index in [4.69, 9.17) is 21.4 Å². The van der Waals surface area contributed by atoms with Crippen molar-refractivity contribution in [3.63, 3.8) is 0 Å². The highest BCUT2D eigenvalue weighted by Gasteiger charge is 2.33. The monoisotopic (exact) mass is 382 g/mol. The Hall–Kier alpha value is -1.79. The summed E-state index contributed by atoms with van der Waals surface area (Å²) in [5.41, 5.74) is 0.934. The minimum atomic E-state index is -0.913. The van der Waals surface area contributed by atoms with Crippen LogP contribution in [0.2, 0.25) is 5.02 Å². The number of likely N-dealkylation sites (tertiary alicyclic amines) is 1. The zero-order valence-electron chi connectivity index (χ0n) is 15.4. The number of amides is 1. The fourth-order valence-electron chi connectivity index (χ4n) is 3.12. The molecule has 0 bridgehead atoms. The molecule has 1 saturated heterocycles. The molecule has 1 aromatic rings. The summed E-state index contributed by atoms with van der Waals surface area (Å²) in [5.74, 6) is -0.859. The molecule has 1 aliphatic heterocycles. The zero-order chi connectivity index (χ0) is 19.1. The van der Waals surface area contributed by atoms with Crippen molar-refractivity contribution in [2.45, 2.75) is 26.7 Å². The van der Waals surface area contributed by atoms with E-state index in [1.54, 1.807) is 11.0 Å². The predicted octanol–water partition coefficient (Wildman–Crippen LogP) is 2.54. The number of benzene rings is 1. The SMILES string of the molecule is CCN(CC)CCOc1ccc(Cl)cc1CCN1CC(C(=O)O)CC1=O. The molecular weight excluding hydrogens is 356 g/mol. The average Bonchev–Trinajstić information content (AvgIpc) is 2.99. The number of aliphatic carboxylic acids is 1. The first-order valence-corrected chi connectivity index (χ1v) is 9.46. The van der Waals surface area contributed by atoms with Crippen LogP contribution in [0.5, 0.6) is 5.75 Å². The number of rotatable bonds is 10. The van der Waals surface area contributed by atoms with Crippen LogP contribution in [0, 0.1) is 5.92 Å². The number of ether oxygens (including phenoxy) is 1. The Morgan fingerprint density at radius 3 is 2.73 bits per heavy atom. The van der Waals surface area contributed by atoms with Crippen molar-refractivity contribution in [3.05, 3.63) is 28.8 Å². The molecule has 1 unspecified atom stereocenters. The molecule has 1 amide bonds. The minimum Gasteiger partial charge on any atom is -0.492 e. The second-order valence-electron chi connectivity index (χ2n) is 6.46. The number of carboxylic acids is 1. The van der Waals surface area contributed by atoms with Gasteiger partial charge in [0, 0.05) is 31.1 Å². The summed E-state index contributed by atoms with van der Waals surface area (Å²) in [5, 5.41) is 9.69. The summed E-state index contributed by atoms with van der Waals surface area (Å²) < 4.78 is 5.93. The Morgan fingerprint density at radius 2 is 2.12 bits per heavy atom. The van der Waals surface area contributed by atoms with E-state index in [2.05, 4.69) is 18.7 Å². The standard InChI is InChI=1S/C19H27ClN2O4/c1-3-21(4-2)9-10-26-17-6-5-16(20)11-14(17)7-8-22-13-15(19(24)25)12-18(22)23/h5-6,11,15H,3-4,7-10,12-13H2,1-2H3,(H,24,25). The van der Waals surface area contributed by atoms with Crippen LogP contribution in [0.15, 0.2) is 18.2 Å². The molecule has 1 atom stereocenters. The summed E-state index contributed by atoms with van der Waals surface area (Å²) in [6, 6.07) is 5.49. The summed E-state index contributed by atoms with van der Waals surface area (Å²) in [7, 11) is 0. The predicted molar refractivity (Wildman–Crippen MR) is 101 cm³/mol. The highest BCUT2D eigenvalue weighted by Crippen LogP contribution is 2.25. The van der Waals surface area contributed by atoms with Crippen LogP contribution in [0.25, 0.3) is 0 Å². The van der Waals surface area contributed by atoms with Crippen molar-refractivity contribution in [2.75, 3.05) is 39.3 Å². The van der Waals surface area contributed by atoms with E-state index in [1.165, 1.54) is 0 Å². The van der Waals surface area contributed by atoms with E-state index in [9.17, 15) is 9.59 Å². The number of nitrogens with zero attached hydrogens (tertiary/aromatic N) is 2. The first kappa shape index (κ1) is 20.5. The second kappa shape index (κ2) is 9.78. The second-order valence-corrected chi connectivity index (χ2v) is 6.89. The number of carbonyl (C=O) groups is 2. The molecule has 7 heteroatoms. The molecule has 1 heterocycles. The van der Waals surface area contributed by atoms with Gasteiger partial charge in [0.15, 0.2) is 0 Å².